The predicted molar refractivity (Wildman–Crippen MR) is 77.9 cm³/mol. The van der Waals surface area contributed by atoms with Crippen molar-refractivity contribution in [2.24, 2.45) is 5.73 Å². The molecule has 8 nitrogen and oxygen atoms in total. The number of hydrogen-bond acceptors (Lipinski definition) is 5. The van der Waals surface area contributed by atoms with Crippen LogP contribution in [0.15, 0.2) is 29.2 Å². The standard InChI is InChI=1S/C14H16N4O4/c1-8-2-3-9(6-19)18-7-16(8)14(22)11-4-12(20)10(13(15)21)5-17(11)18/h2-5,8-9,19H,6-7H2,1H3,(H2,15,21). The van der Waals surface area contributed by atoms with Crippen molar-refractivity contribution in [3.05, 3.63) is 45.9 Å². The minimum Gasteiger partial charge on any atom is -0.394 e. The molecule has 1 aromatic rings. The minimum absolute atomic E-state index is 0.148. The maximum absolute atomic E-state index is 12.5. The summed E-state index contributed by atoms with van der Waals surface area (Å²) in [6.45, 7) is 1.94. The van der Waals surface area contributed by atoms with Gasteiger partial charge < -0.3 is 15.7 Å². The summed E-state index contributed by atoms with van der Waals surface area (Å²) in [7, 11) is 0. The van der Waals surface area contributed by atoms with Crippen LogP contribution in [0.2, 0.25) is 0 Å². The number of carbonyl (C=O) groups is 2. The van der Waals surface area contributed by atoms with Crippen molar-refractivity contribution in [2.75, 3.05) is 18.3 Å². The molecule has 0 saturated heterocycles. The number of primary amides is 1. The van der Waals surface area contributed by atoms with Crippen molar-refractivity contribution >= 4 is 11.8 Å². The van der Waals surface area contributed by atoms with Crippen LogP contribution in [0, 0.1) is 0 Å². The molecule has 0 spiro atoms. The van der Waals surface area contributed by atoms with E-state index in [1.165, 1.54) is 10.9 Å². The molecule has 3 heterocycles. The topological polar surface area (TPSA) is 109 Å². The number of aliphatic hydroxyl groups is 1. The zero-order valence-corrected chi connectivity index (χ0v) is 12.0. The Bertz CT molecular complexity index is 739. The van der Waals surface area contributed by atoms with E-state index in [0.29, 0.717) is 0 Å². The molecule has 2 unspecified atom stereocenters. The molecule has 0 fully saturated rings. The fraction of sp³-hybridized carbons (Fsp3) is 0.357. The van der Waals surface area contributed by atoms with Gasteiger partial charge in [0.25, 0.3) is 11.8 Å². The van der Waals surface area contributed by atoms with Crippen LogP contribution >= 0.6 is 0 Å². The molecule has 2 aliphatic heterocycles. The lowest BCUT2D eigenvalue weighted by Crippen LogP contribution is -2.58. The van der Waals surface area contributed by atoms with Crippen molar-refractivity contribution < 1.29 is 14.7 Å². The molecular formula is C14H16N4O4. The normalized spacial score (nSPS) is 23.3. The van der Waals surface area contributed by atoms with Gasteiger partial charge in [-0.05, 0) is 6.92 Å². The van der Waals surface area contributed by atoms with Crippen LogP contribution in [0.3, 0.4) is 0 Å². The number of nitrogens with zero attached hydrogens (tertiary/aromatic N) is 3. The summed E-state index contributed by atoms with van der Waals surface area (Å²) < 4.78 is 1.43. The van der Waals surface area contributed by atoms with Crippen molar-refractivity contribution in [2.45, 2.75) is 19.0 Å². The van der Waals surface area contributed by atoms with Gasteiger partial charge in [-0.15, -0.1) is 0 Å². The van der Waals surface area contributed by atoms with E-state index in [2.05, 4.69) is 0 Å². The third-order valence-corrected chi connectivity index (χ3v) is 4.02. The highest BCUT2D eigenvalue weighted by atomic mass is 16.3. The molecular weight excluding hydrogens is 288 g/mol. The second-order valence-corrected chi connectivity index (χ2v) is 5.38. The number of fused-ring (bicyclic) bond motifs is 4. The van der Waals surface area contributed by atoms with Crippen LogP contribution in [0.4, 0.5) is 0 Å². The lowest BCUT2D eigenvalue weighted by atomic mass is 10.2. The van der Waals surface area contributed by atoms with Crippen molar-refractivity contribution in [3.63, 3.8) is 0 Å². The number of nitrogens with two attached hydrogens (primary N) is 1. The fourth-order valence-electron chi connectivity index (χ4n) is 2.74. The maximum Gasteiger partial charge on any atom is 0.274 e. The molecule has 2 amide bonds. The van der Waals surface area contributed by atoms with Crippen molar-refractivity contribution in [1.29, 1.82) is 0 Å². The van der Waals surface area contributed by atoms with Gasteiger partial charge in [0.2, 0.25) is 0 Å². The van der Waals surface area contributed by atoms with E-state index < -0.39 is 11.3 Å². The predicted octanol–water partition coefficient (Wildman–Crippen LogP) is -1.38. The molecule has 8 heteroatoms. The van der Waals surface area contributed by atoms with Gasteiger partial charge in [-0.1, -0.05) is 12.2 Å². The first-order valence-electron chi connectivity index (χ1n) is 6.87. The number of carbonyl (C=O) groups excluding carboxylic acids is 2. The summed E-state index contributed by atoms with van der Waals surface area (Å²) in [5.41, 5.74) is 4.57. The second kappa shape index (κ2) is 4.99. The van der Waals surface area contributed by atoms with Crippen LogP contribution < -0.4 is 16.2 Å². The Morgan fingerprint density at radius 2 is 2.14 bits per heavy atom. The van der Waals surface area contributed by atoms with Gasteiger partial charge >= 0.3 is 0 Å². The molecule has 22 heavy (non-hydrogen) atoms. The summed E-state index contributed by atoms with van der Waals surface area (Å²) in [4.78, 5) is 37.4. The van der Waals surface area contributed by atoms with Gasteiger partial charge in [-0.2, -0.15) is 0 Å². The van der Waals surface area contributed by atoms with E-state index in [1.54, 1.807) is 16.0 Å². The molecule has 3 N–H and O–H groups in total. The third kappa shape index (κ3) is 2.00. The van der Waals surface area contributed by atoms with E-state index in [-0.39, 0.29) is 42.5 Å². The lowest BCUT2D eigenvalue weighted by molar-refractivity contribution is 0.0649. The van der Waals surface area contributed by atoms with Crippen LogP contribution in [-0.2, 0) is 0 Å². The van der Waals surface area contributed by atoms with Gasteiger partial charge in [0.15, 0.2) is 5.43 Å². The molecule has 2 atom stereocenters. The van der Waals surface area contributed by atoms with Crippen LogP contribution in [-0.4, -0.2) is 51.9 Å². The third-order valence-electron chi connectivity index (χ3n) is 4.02. The van der Waals surface area contributed by atoms with E-state index in [4.69, 9.17) is 5.73 Å². The number of pyridine rings is 1. The fourth-order valence-corrected chi connectivity index (χ4v) is 2.74. The first kappa shape index (κ1) is 14.3. The molecule has 0 aliphatic carbocycles. The monoisotopic (exact) mass is 304 g/mol. The van der Waals surface area contributed by atoms with E-state index in [0.717, 1.165) is 6.07 Å². The molecule has 0 radical (unpaired) electrons. The molecule has 116 valence electrons. The average molecular weight is 304 g/mol. The number of aliphatic hydroxyl groups excluding tert-OH is 1. The Balaban J connectivity index is 2.23. The number of aromatic nitrogens is 1. The molecule has 2 aliphatic rings. The number of amides is 2. The maximum atomic E-state index is 12.5. The van der Waals surface area contributed by atoms with Crippen molar-refractivity contribution in [1.82, 2.24) is 9.58 Å². The van der Waals surface area contributed by atoms with Gasteiger partial charge in [0, 0.05) is 18.3 Å². The highest BCUT2D eigenvalue weighted by molar-refractivity contribution is 5.96. The van der Waals surface area contributed by atoms with Gasteiger partial charge in [0.1, 0.15) is 17.9 Å². The molecule has 0 aromatic carbocycles. The number of hydrogen-bond donors (Lipinski definition) is 2. The molecule has 3 rings (SSSR count). The molecule has 1 aromatic heterocycles. The Hall–Kier alpha value is -2.61. The average Bonchev–Trinajstić information content (AvgIpc) is 2.62. The van der Waals surface area contributed by atoms with E-state index in [1.807, 2.05) is 13.0 Å². The van der Waals surface area contributed by atoms with Crippen LogP contribution in [0.25, 0.3) is 0 Å². The van der Waals surface area contributed by atoms with Crippen LogP contribution in [0.1, 0.15) is 27.8 Å². The SMILES string of the molecule is CC1C=CC(CO)N2CN1C(=O)c1cc(=O)c(C(N)=O)cn12. The van der Waals surface area contributed by atoms with Crippen LogP contribution in [0.5, 0.6) is 0 Å². The Labute approximate surface area is 126 Å². The van der Waals surface area contributed by atoms with E-state index in [9.17, 15) is 19.5 Å². The van der Waals surface area contributed by atoms with E-state index >= 15 is 0 Å². The minimum atomic E-state index is -0.852. The zero-order chi connectivity index (χ0) is 16.0. The van der Waals surface area contributed by atoms with Crippen molar-refractivity contribution in [3.8, 4) is 0 Å². The zero-order valence-electron chi connectivity index (χ0n) is 12.0. The van der Waals surface area contributed by atoms with Gasteiger partial charge in [-0.25, -0.2) is 0 Å². The lowest BCUT2D eigenvalue weighted by Gasteiger charge is -2.42. The summed E-state index contributed by atoms with van der Waals surface area (Å²) in [6, 6.07) is 0.586. The molecule has 2 bridgehead atoms. The highest BCUT2D eigenvalue weighted by Crippen LogP contribution is 2.21. The van der Waals surface area contributed by atoms with Gasteiger partial charge in [0.05, 0.1) is 12.6 Å². The Morgan fingerprint density at radius 1 is 1.41 bits per heavy atom. The Kier molecular flexibility index (Phi) is 3.25. The largest absolute Gasteiger partial charge is 0.394 e. The highest BCUT2D eigenvalue weighted by Gasteiger charge is 2.36. The second-order valence-electron chi connectivity index (χ2n) is 5.38. The van der Waals surface area contributed by atoms with Gasteiger partial charge in [-0.3, -0.25) is 24.1 Å². The first-order valence-corrected chi connectivity index (χ1v) is 6.87. The molecule has 0 saturated carbocycles. The summed E-state index contributed by atoms with van der Waals surface area (Å²) >= 11 is 0. The summed E-state index contributed by atoms with van der Waals surface area (Å²) in [5, 5.41) is 11.3. The summed E-state index contributed by atoms with van der Waals surface area (Å²) in [5.74, 6) is -1.16. The Morgan fingerprint density at radius 3 is 2.77 bits per heavy atom. The smallest absolute Gasteiger partial charge is 0.274 e. The summed E-state index contributed by atoms with van der Waals surface area (Å²) in [6.07, 6.45) is 4.90. The quantitative estimate of drug-likeness (QED) is 0.654. The number of rotatable bonds is 2. The first-order chi connectivity index (χ1) is 10.4.